The van der Waals surface area contributed by atoms with Crippen LogP contribution in [-0.2, 0) is 0 Å². The van der Waals surface area contributed by atoms with Crippen molar-refractivity contribution in [2.75, 3.05) is 12.8 Å². The number of carbonyl (C=O) groups excluding carboxylic acids is 1. The molecule has 18 heavy (non-hydrogen) atoms. The Labute approximate surface area is 110 Å². The van der Waals surface area contributed by atoms with Crippen LogP contribution in [0.25, 0.3) is 0 Å². The van der Waals surface area contributed by atoms with E-state index < -0.39 is 11.7 Å². The second-order valence-electron chi connectivity index (χ2n) is 4.59. The monoisotopic (exact) mass is 269 g/mol. The van der Waals surface area contributed by atoms with Gasteiger partial charge in [-0.25, -0.2) is 4.39 Å². The fraction of sp³-hybridized carbons (Fsp3) is 0.462. The third-order valence-corrected chi connectivity index (χ3v) is 4.88. The number of carbonyl (C=O) groups is 1. The number of benzene rings is 1. The van der Waals surface area contributed by atoms with Crippen LogP contribution >= 0.6 is 11.8 Å². The topological polar surface area (TPSA) is 49.3 Å². The Morgan fingerprint density at radius 1 is 1.56 bits per heavy atom. The third-order valence-electron chi connectivity index (χ3n) is 3.47. The van der Waals surface area contributed by atoms with Crippen LogP contribution in [0.2, 0.25) is 0 Å². The highest BCUT2D eigenvalue weighted by Gasteiger charge is 2.36. The highest BCUT2D eigenvalue weighted by atomic mass is 32.2. The van der Waals surface area contributed by atoms with E-state index in [9.17, 15) is 9.18 Å². The maximum Gasteiger partial charge on any atom is 0.254 e. The van der Waals surface area contributed by atoms with E-state index in [2.05, 4.69) is 5.32 Å². The molecule has 1 aromatic carbocycles. The van der Waals surface area contributed by atoms with Gasteiger partial charge >= 0.3 is 0 Å². The molecule has 1 aromatic rings. The first-order chi connectivity index (χ1) is 8.56. The second-order valence-corrected chi connectivity index (χ2v) is 5.86. The van der Waals surface area contributed by atoms with Gasteiger partial charge in [-0.2, -0.15) is 11.8 Å². The summed E-state index contributed by atoms with van der Waals surface area (Å²) in [6, 6.07) is 3.56. The highest BCUT2D eigenvalue weighted by molar-refractivity contribution is 8.00. The molecule has 3 nitrogen and oxygen atoms in total. The first-order valence-electron chi connectivity index (χ1n) is 5.88. The summed E-state index contributed by atoms with van der Waals surface area (Å²) in [5.74, 6) is -1.30. The van der Waals surface area contributed by atoms with Crippen molar-refractivity contribution in [3.05, 3.63) is 29.6 Å². The number of phenols is 1. The fourth-order valence-corrected chi connectivity index (χ4v) is 2.96. The van der Waals surface area contributed by atoms with Gasteiger partial charge in [0.1, 0.15) is 11.6 Å². The molecule has 0 bridgehead atoms. The molecule has 1 amide bonds. The van der Waals surface area contributed by atoms with Crippen molar-refractivity contribution in [3.63, 3.8) is 0 Å². The average Bonchev–Trinajstić information content (AvgIpc) is 2.27. The molecule has 0 radical (unpaired) electrons. The molecule has 1 saturated carbocycles. The SMILES string of the molecule is CSC1(CNC(=O)c2ccc(O)cc2F)CCC1. The molecular formula is C13H16FNO2S. The molecule has 0 unspecified atom stereocenters. The molecule has 98 valence electrons. The summed E-state index contributed by atoms with van der Waals surface area (Å²) in [6.07, 6.45) is 5.40. The molecule has 1 aliphatic rings. The molecule has 1 aliphatic carbocycles. The summed E-state index contributed by atoms with van der Waals surface area (Å²) >= 11 is 1.75. The lowest BCUT2D eigenvalue weighted by Crippen LogP contribution is -2.45. The van der Waals surface area contributed by atoms with E-state index in [1.54, 1.807) is 11.8 Å². The number of phenolic OH excluding ortho intramolecular Hbond substituents is 1. The third kappa shape index (κ3) is 2.61. The quantitative estimate of drug-likeness (QED) is 0.883. The molecular weight excluding hydrogens is 253 g/mol. The predicted octanol–water partition coefficient (Wildman–Crippen LogP) is 2.55. The number of thioether (sulfide) groups is 1. The highest BCUT2D eigenvalue weighted by Crippen LogP contribution is 2.42. The van der Waals surface area contributed by atoms with Gasteiger partial charge in [-0.05, 0) is 31.2 Å². The van der Waals surface area contributed by atoms with Gasteiger partial charge in [-0.15, -0.1) is 0 Å². The molecule has 5 heteroatoms. The van der Waals surface area contributed by atoms with E-state index >= 15 is 0 Å². The van der Waals surface area contributed by atoms with Crippen LogP contribution in [0.1, 0.15) is 29.6 Å². The molecule has 0 saturated heterocycles. The van der Waals surface area contributed by atoms with Gasteiger partial charge in [0.2, 0.25) is 0 Å². The van der Waals surface area contributed by atoms with E-state index in [-0.39, 0.29) is 16.1 Å². The van der Waals surface area contributed by atoms with Gasteiger partial charge < -0.3 is 10.4 Å². The maximum absolute atomic E-state index is 13.5. The average molecular weight is 269 g/mol. The Morgan fingerprint density at radius 2 is 2.28 bits per heavy atom. The molecule has 0 atom stereocenters. The largest absolute Gasteiger partial charge is 0.508 e. The number of hydrogen-bond donors (Lipinski definition) is 2. The van der Waals surface area contributed by atoms with Gasteiger partial charge in [0.05, 0.1) is 5.56 Å². The Morgan fingerprint density at radius 3 is 2.78 bits per heavy atom. The smallest absolute Gasteiger partial charge is 0.254 e. The lowest BCUT2D eigenvalue weighted by atomic mass is 9.84. The summed E-state index contributed by atoms with van der Waals surface area (Å²) in [5, 5.41) is 11.9. The standard InChI is InChI=1S/C13H16FNO2S/c1-18-13(5-2-6-13)8-15-12(17)10-4-3-9(16)7-11(10)14/h3-4,7,16H,2,5-6,8H2,1H3,(H,15,17). The normalized spacial score (nSPS) is 17.0. The molecule has 0 heterocycles. The van der Waals surface area contributed by atoms with E-state index in [0.717, 1.165) is 18.9 Å². The van der Waals surface area contributed by atoms with Gasteiger partial charge in [-0.3, -0.25) is 4.79 Å². The molecule has 2 rings (SSSR count). The number of amides is 1. The van der Waals surface area contributed by atoms with Crippen LogP contribution in [0, 0.1) is 5.82 Å². The van der Waals surface area contributed by atoms with E-state index in [4.69, 9.17) is 5.11 Å². The predicted molar refractivity (Wildman–Crippen MR) is 70.5 cm³/mol. The summed E-state index contributed by atoms with van der Waals surface area (Å²) in [6.45, 7) is 0.563. The molecule has 2 N–H and O–H groups in total. The Balaban J connectivity index is 1.99. The summed E-state index contributed by atoms with van der Waals surface area (Å²) in [4.78, 5) is 11.8. The lowest BCUT2D eigenvalue weighted by Gasteiger charge is -2.40. The maximum atomic E-state index is 13.5. The van der Waals surface area contributed by atoms with Gasteiger partial charge in [-0.1, -0.05) is 6.42 Å². The van der Waals surface area contributed by atoms with Gasteiger partial charge in [0.25, 0.3) is 5.91 Å². The zero-order chi connectivity index (χ0) is 13.2. The lowest BCUT2D eigenvalue weighted by molar-refractivity contribution is 0.0940. The molecule has 1 fully saturated rings. The van der Waals surface area contributed by atoms with Crippen LogP contribution in [-0.4, -0.2) is 28.6 Å². The van der Waals surface area contributed by atoms with E-state index in [1.165, 1.54) is 18.6 Å². The van der Waals surface area contributed by atoms with E-state index in [1.807, 2.05) is 6.26 Å². The molecule has 0 spiro atoms. The fourth-order valence-electron chi connectivity index (χ4n) is 2.05. The molecule has 0 aromatic heterocycles. The molecule has 0 aliphatic heterocycles. The minimum absolute atomic E-state index is 0.0247. The summed E-state index contributed by atoms with van der Waals surface area (Å²) in [7, 11) is 0. The number of halogens is 1. The van der Waals surface area contributed by atoms with Crippen LogP contribution in [0.3, 0.4) is 0 Å². The van der Waals surface area contributed by atoms with E-state index in [0.29, 0.717) is 6.54 Å². The van der Waals surface area contributed by atoms with Crippen molar-refractivity contribution >= 4 is 17.7 Å². The number of hydrogen-bond acceptors (Lipinski definition) is 3. The van der Waals surface area contributed by atoms with Crippen LogP contribution in [0.4, 0.5) is 4.39 Å². The van der Waals surface area contributed by atoms with Gasteiger partial charge in [0, 0.05) is 17.4 Å². The zero-order valence-corrected chi connectivity index (χ0v) is 11.0. The van der Waals surface area contributed by atoms with Crippen molar-refractivity contribution in [3.8, 4) is 5.75 Å². The number of aromatic hydroxyl groups is 1. The van der Waals surface area contributed by atoms with Crippen molar-refractivity contribution in [1.29, 1.82) is 0 Å². The van der Waals surface area contributed by atoms with Gasteiger partial charge in [0.15, 0.2) is 0 Å². The number of nitrogens with one attached hydrogen (secondary N) is 1. The Bertz CT molecular complexity index is 455. The minimum atomic E-state index is -0.695. The van der Waals surface area contributed by atoms with Crippen molar-refractivity contribution in [1.82, 2.24) is 5.32 Å². The van der Waals surface area contributed by atoms with Crippen LogP contribution < -0.4 is 5.32 Å². The second kappa shape index (κ2) is 5.18. The Hall–Kier alpha value is -1.23. The van der Waals surface area contributed by atoms with Crippen LogP contribution in [0.5, 0.6) is 5.75 Å². The summed E-state index contributed by atoms with van der Waals surface area (Å²) < 4.78 is 13.6. The zero-order valence-electron chi connectivity index (χ0n) is 10.2. The first kappa shape index (κ1) is 13.2. The van der Waals surface area contributed by atoms with Crippen molar-refractivity contribution in [2.45, 2.75) is 24.0 Å². The first-order valence-corrected chi connectivity index (χ1v) is 7.11. The van der Waals surface area contributed by atoms with Crippen molar-refractivity contribution in [2.24, 2.45) is 0 Å². The number of rotatable bonds is 4. The van der Waals surface area contributed by atoms with Crippen LogP contribution in [0.15, 0.2) is 18.2 Å². The summed E-state index contributed by atoms with van der Waals surface area (Å²) in [5.41, 5.74) is -0.0247. The minimum Gasteiger partial charge on any atom is -0.508 e. The Kier molecular flexibility index (Phi) is 3.80. The van der Waals surface area contributed by atoms with Crippen molar-refractivity contribution < 1.29 is 14.3 Å².